The molecule has 0 aromatic rings. The Balaban J connectivity index is -0.000000256. The van der Waals surface area contributed by atoms with E-state index in [0.717, 1.165) is 0 Å². The average molecular weight is 354 g/mol. The summed E-state index contributed by atoms with van der Waals surface area (Å²) < 4.78 is 0. The summed E-state index contributed by atoms with van der Waals surface area (Å²) in [6.07, 6.45) is -5.44. The van der Waals surface area contributed by atoms with Gasteiger partial charge in [0.05, 0.1) is 0 Å². The SMILES string of the molecule is O=C([O-])CC(O)C(=O)O.O=C([O-])CC(O)C(=O)O.[Sr+2]. The number of aliphatic hydroxyl groups is 2. The van der Waals surface area contributed by atoms with Crippen LogP contribution in [0.2, 0.25) is 0 Å². The first-order valence-electron chi connectivity index (χ1n) is 4.29. The van der Waals surface area contributed by atoms with Gasteiger partial charge < -0.3 is 40.2 Å². The summed E-state index contributed by atoms with van der Waals surface area (Å²) in [6.45, 7) is 0. The minimum absolute atomic E-state index is 0. The Kier molecular flexibility index (Phi) is 15.2. The van der Waals surface area contributed by atoms with E-state index in [0.29, 0.717) is 0 Å². The van der Waals surface area contributed by atoms with Crippen LogP contribution in [-0.2, 0) is 19.2 Å². The van der Waals surface area contributed by atoms with Gasteiger partial charge in [-0.1, -0.05) is 0 Å². The van der Waals surface area contributed by atoms with Crippen molar-refractivity contribution in [1.82, 2.24) is 0 Å². The van der Waals surface area contributed by atoms with E-state index in [1.54, 1.807) is 0 Å². The Labute approximate surface area is 143 Å². The molecule has 0 bridgehead atoms. The van der Waals surface area contributed by atoms with Gasteiger partial charge in [0.25, 0.3) is 0 Å². The van der Waals surface area contributed by atoms with Crippen LogP contribution >= 0.6 is 0 Å². The summed E-state index contributed by atoms with van der Waals surface area (Å²) in [5.41, 5.74) is 0. The summed E-state index contributed by atoms with van der Waals surface area (Å²) >= 11 is 0. The van der Waals surface area contributed by atoms with E-state index in [9.17, 15) is 29.4 Å². The molecule has 11 heteroatoms. The topological polar surface area (TPSA) is 195 Å². The summed E-state index contributed by atoms with van der Waals surface area (Å²) in [7, 11) is 0. The van der Waals surface area contributed by atoms with Crippen LogP contribution in [0.15, 0.2) is 0 Å². The van der Waals surface area contributed by atoms with Gasteiger partial charge in [-0.3, -0.25) is 0 Å². The molecule has 0 aromatic carbocycles. The second-order valence-electron chi connectivity index (χ2n) is 2.86. The van der Waals surface area contributed by atoms with Gasteiger partial charge in [0, 0.05) is 24.8 Å². The molecule has 2 unspecified atom stereocenters. The van der Waals surface area contributed by atoms with E-state index in [4.69, 9.17) is 20.4 Å². The van der Waals surface area contributed by atoms with Crippen LogP contribution in [0.4, 0.5) is 0 Å². The zero-order chi connectivity index (χ0) is 14.9. The molecule has 0 rings (SSSR count). The fraction of sp³-hybridized carbons (Fsp3) is 0.500. The second-order valence-corrected chi connectivity index (χ2v) is 2.86. The van der Waals surface area contributed by atoms with Crippen molar-refractivity contribution in [3.8, 4) is 0 Å². The minimum atomic E-state index is -1.85. The Bertz CT molecular complexity index is 295. The Morgan fingerprint density at radius 3 is 1.05 bits per heavy atom. The number of carbonyl (C=O) groups excluding carboxylic acids is 2. The summed E-state index contributed by atoms with van der Waals surface area (Å²) in [6, 6.07) is 0. The Hall–Kier alpha value is -0.719. The zero-order valence-corrected chi connectivity index (χ0v) is 13.0. The van der Waals surface area contributed by atoms with Crippen molar-refractivity contribution in [3.05, 3.63) is 0 Å². The fourth-order valence-electron chi connectivity index (χ4n) is 0.490. The van der Waals surface area contributed by atoms with Gasteiger partial charge in [0.2, 0.25) is 0 Å². The molecule has 0 saturated carbocycles. The monoisotopic (exact) mass is 354 g/mol. The first-order chi connectivity index (χ1) is 8.07. The van der Waals surface area contributed by atoms with Crippen LogP contribution in [0.25, 0.3) is 0 Å². The first kappa shape index (κ1) is 23.4. The predicted molar refractivity (Wildman–Crippen MR) is 52.3 cm³/mol. The van der Waals surface area contributed by atoms with Gasteiger partial charge in [-0.25, -0.2) is 9.59 Å². The van der Waals surface area contributed by atoms with Crippen LogP contribution < -0.4 is 10.2 Å². The molecule has 19 heavy (non-hydrogen) atoms. The van der Waals surface area contributed by atoms with Crippen molar-refractivity contribution in [2.24, 2.45) is 0 Å². The number of aliphatic hydroxyl groups excluding tert-OH is 2. The smallest absolute Gasteiger partial charge is 0.550 e. The van der Waals surface area contributed by atoms with Gasteiger partial charge in [0.1, 0.15) is 0 Å². The molecule has 0 spiro atoms. The quantitative estimate of drug-likeness (QED) is 0.335. The van der Waals surface area contributed by atoms with Crippen LogP contribution in [-0.4, -0.2) is 102 Å². The third kappa shape index (κ3) is 17.3. The minimum Gasteiger partial charge on any atom is -0.550 e. The molecule has 0 heterocycles. The van der Waals surface area contributed by atoms with Crippen LogP contribution in [0.5, 0.6) is 0 Å². The van der Waals surface area contributed by atoms with Gasteiger partial charge in [-0.05, 0) is 0 Å². The molecule has 0 saturated heterocycles. The van der Waals surface area contributed by atoms with Gasteiger partial charge in [-0.2, -0.15) is 0 Å². The van der Waals surface area contributed by atoms with E-state index in [-0.39, 0.29) is 45.5 Å². The van der Waals surface area contributed by atoms with E-state index in [1.165, 1.54) is 0 Å². The van der Waals surface area contributed by atoms with Gasteiger partial charge in [-0.15, -0.1) is 0 Å². The summed E-state index contributed by atoms with van der Waals surface area (Å²) in [5, 5.41) is 51.5. The van der Waals surface area contributed by atoms with Crippen molar-refractivity contribution in [3.63, 3.8) is 0 Å². The molecule has 104 valence electrons. The van der Waals surface area contributed by atoms with Crippen molar-refractivity contribution in [1.29, 1.82) is 0 Å². The van der Waals surface area contributed by atoms with Crippen LogP contribution in [0.1, 0.15) is 12.8 Å². The number of carboxylic acid groups (broad SMARTS) is 4. The molecule has 10 nitrogen and oxygen atoms in total. The molecule has 0 aliphatic rings. The molecule has 0 aliphatic carbocycles. The molecular formula is C8H10O10Sr. The van der Waals surface area contributed by atoms with Crippen LogP contribution in [0, 0.1) is 0 Å². The maximum absolute atomic E-state index is 9.69. The third-order valence-corrected chi connectivity index (χ3v) is 1.29. The average Bonchev–Trinajstić information content (AvgIpc) is 2.16. The number of hydrogen-bond acceptors (Lipinski definition) is 8. The maximum Gasteiger partial charge on any atom is 2.00 e. The third-order valence-electron chi connectivity index (χ3n) is 1.29. The van der Waals surface area contributed by atoms with Crippen molar-refractivity contribution in [2.75, 3.05) is 0 Å². The Morgan fingerprint density at radius 2 is 1.00 bits per heavy atom. The fourth-order valence-corrected chi connectivity index (χ4v) is 0.490. The van der Waals surface area contributed by atoms with E-state index < -0.39 is 48.9 Å². The van der Waals surface area contributed by atoms with Crippen molar-refractivity contribution >= 4 is 69.4 Å². The van der Waals surface area contributed by atoms with Crippen molar-refractivity contribution in [2.45, 2.75) is 25.0 Å². The standard InChI is InChI=1S/2C4H6O5.Sr/c2*5-2(4(8)9)1-3(6)7;/h2*2,5H,1H2,(H,6,7)(H,8,9);/q;;+2/p-2. The number of carboxylic acids is 4. The second kappa shape index (κ2) is 12.3. The predicted octanol–water partition coefficient (Wildman–Crippen LogP) is -5.24. The molecule has 0 fully saturated rings. The molecule has 4 N–H and O–H groups in total. The van der Waals surface area contributed by atoms with E-state index in [1.807, 2.05) is 0 Å². The van der Waals surface area contributed by atoms with Gasteiger partial charge in [0.15, 0.2) is 12.2 Å². The largest absolute Gasteiger partial charge is 2.00 e. The molecule has 0 aliphatic heterocycles. The molecule has 0 amide bonds. The number of rotatable bonds is 6. The van der Waals surface area contributed by atoms with E-state index >= 15 is 0 Å². The molecular weight excluding hydrogens is 344 g/mol. The van der Waals surface area contributed by atoms with Gasteiger partial charge >= 0.3 is 57.4 Å². The van der Waals surface area contributed by atoms with E-state index in [2.05, 4.69) is 0 Å². The molecule has 0 radical (unpaired) electrons. The number of carbonyl (C=O) groups is 4. The summed E-state index contributed by atoms with van der Waals surface area (Å²) in [4.78, 5) is 38.5. The molecule has 2 atom stereocenters. The number of hydrogen-bond donors (Lipinski definition) is 4. The summed E-state index contributed by atoms with van der Waals surface area (Å²) in [5.74, 6) is -6.27. The molecule has 0 aromatic heterocycles. The van der Waals surface area contributed by atoms with Crippen molar-refractivity contribution < 1.29 is 49.8 Å². The maximum atomic E-state index is 9.69. The Morgan fingerprint density at radius 1 is 0.789 bits per heavy atom. The zero-order valence-electron chi connectivity index (χ0n) is 9.51. The first-order valence-corrected chi connectivity index (χ1v) is 4.29. The normalized spacial score (nSPS) is 11.9. The van der Waals surface area contributed by atoms with Crippen LogP contribution in [0.3, 0.4) is 0 Å². The number of aliphatic carboxylic acids is 4.